The average molecular weight is 407 g/mol. The van der Waals surface area contributed by atoms with Gasteiger partial charge in [0.1, 0.15) is 5.25 Å². The molecule has 1 fully saturated rings. The smallest absolute Gasteiger partial charge is 0.325 e. The third-order valence-corrected chi connectivity index (χ3v) is 4.97. The number of alkyl halides is 3. The molecule has 1 heterocycles. The number of nitrogens with zero attached hydrogens (tertiary/aromatic N) is 1. The number of amides is 2. The molecule has 1 saturated heterocycles. The van der Waals surface area contributed by atoms with Gasteiger partial charge in [-0.05, 0) is 36.8 Å². The maximum Gasteiger partial charge on any atom is 0.418 e. The Morgan fingerprint density at radius 3 is 2.68 bits per heavy atom. The number of carbonyl (C=O) groups is 2. The minimum absolute atomic E-state index is 0.268. The molecule has 0 bridgehead atoms. The van der Waals surface area contributed by atoms with Gasteiger partial charge in [-0.25, -0.2) is 4.99 Å². The number of nitrogens with one attached hydrogen (secondary N) is 2. The van der Waals surface area contributed by atoms with E-state index in [4.69, 9.17) is 0 Å². The highest BCUT2D eigenvalue weighted by Gasteiger charge is 2.35. The van der Waals surface area contributed by atoms with Gasteiger partial charge in [0.2, 0.25) is 11.8 Å². The van der Waals surface area contributed by atoms with Crippen LogP contribution in [0.4, 0.5) is 24.5 Å². The number of anilines is 1. The van der Waals surface area contributed by atoms with Crippen LogP contribution < -0.4 is 10.6 Å². The number of halogens is 3. The van der Waals surface area contributed by atoms with Crippen LogP contribution in [0.25, 0.3) is 0 Å². The van der Waals surface area contributed by atoms with Crippen molar-refractivity contribution in [1.82, 2.24) is 5.32 Å². The number of aryl methyl sites for hydroxylation is 1. The maximum atomic E-state index is 13.0. The minimum Gasteiger partial charge on any atom is -0.325 e. The van der Waals surface area contributed by atoms with Crippen molar-refractivity contribution in [2.75, 3.05) is 5.32 Å². The van der Waals surface area contributed by atoms with Gasteiger partial charge in [0.25, 0.3) is 0 Å². The third-order valence-electron chi connectivity index (χ3n) is 3.89. The molecule has 1 aliphatic heterocycles. The molecule has 0 aliphatic carbocycles. The van der Waals surface area contributed by atoms with Crippen LogP contribution in [0.5, 0.6) is 0 Å². The van der Waals surface area contributed by atoms with E-state index in [1.807, 2.05) is 25.1 Å². The summed E-state index contributed by atoms with van der Waals surface area (Å²) in [4.78, 5) is 28.6. The monoisotopic (exact) mass is 407 g/mol. The van der Waals surface area contributed by atoms with Crippen LogP contribution in [0.15, 0.2) is 53.5 Å². The highest BCUT2D eigenvalue weighted by atomic mass is 32.2. The number of amidine groups is 1. The second kappa shape index (κ2) is 8.05. The summed E-state index contributed by atoms with van der Waals surface area (Å²) in [5.41, 5.74) is 0.396. The van der Waals surface area contributed by atoms with E-state index in [9.17, 15) is 22.8 Å². The van der Waals surface area contributed by atoms with Gasteiger partial charge in [-0.15, -0.1) is 0 Å². The summed E-state index contributed by atoms with van der Waals surface area (Å²) in [6, 6.07) is 12.1. The lowest BCUT2D eigenvalue weighted by Crippen LogP contribution is -2.28. The Balaban J connectivity index is 1.66. The highest BCUT2D eigenvalue weighted by Crippen LogP contribution is 2.35. The summed E-state index contributed by atoms with van der Waals surface area (Å²) in [5.74, 6) is -1.09. The molecule has 146 valence electrons. The van der Waals surface area contributed by atoms with Crippen molar-refractivity contribution in [3.05, 3.63) is 59.7 Å². The molecular formula is C19H16F3N3O2S. The van der Waals surface area contributed by atoms with E-state index >= 15 is 0 Å². The second-order valence-corrected chi connectivity index (χ2v) is 7.34. The molecule has 0 aromatic heterocycles. The average Bonchev–Trinajstić information content (AvgIpc) is 2.93. The Hall–Kier alpha value is -2.81. The lowest BCUT2D eigenvalue weighted by atomic mass is 10.1. The van der Waals surface area contributed by atoms with E-state index in [0.717, 1.165) is 23.4 Å². The highest BCUT2D eigenvalue weighted by molar-refractivity contribution is 8.15. The Morgan fingerprint density at radius 1 is 1.21 bits per heavy atom. The third kappa shape index (κ3) is 4.92. The van der Waals surface area contributed by atoms with E-state index in [1.165, 1.54) is 18.2 Å². The van der Waals surface area contributed by atoms with Crippen molar-refractivity contribution in [3.8, 4) is 0 Å². The molecule has 0 radical (unpaired) electrons. The first-order valence-electron chi connectivity index (χ1n) is 8.31. The van der Waals surface area contributed by atoms with Crippen LogP contribution in [0.2, 0.25) is 0 Å². The van der Waals surface area contributed by atoms with Crippen LogP contribution in [0.1, 0.15) is 17.5 Å². The predicted molar refractivity (Wildman–Crippen MR) is 102 cm³/mol. The summed E-state index contributed by atoms with van der Waals surface area (Å²) >= 11 is 1.07. The van der Waals surface area contributed by atoms with Crippen molar-refractivity contribution < 1.29 is 22.8 Å². The summed E-state index contributed by atoms with van der Waals surface area (Å²) in [5, 5.41) is 4.42. The van der Waals surface area contributed by atoms with Crippen LogP contribution in [-0.4, -0.2) is 22.2 Å². The quantitative estimate of drug-likeness (QED) is 0.796. The van der Waals surface area contributed by atoms with Gasteiger partial charge in [-0.2, -0.15) is 13.2 Å². The molecule has 2 amide bonds. The molecule has 2 N–H and O–H groups in total. The molecule has 5 nitrogen and oxygen atoms in total. The van der Waals surface area contributed by atoms with E-state index < -0.39 is 28.8 Å². The summed E-state index contributed by atoms with van der Waals surface area (Å²) < 4.78 is 39.1. The largest absolute Gasteiger partial charge is 0.418 e. The fourth-order valence-electron chi connectivity index (χ4n) is 2.62. The van der Waals surface area contributed by atoms with Crippen LogP contribution in [0, 0.1) is 6.92 Å². The van der Waals surface area contributed by atoms with Gasteiger partial charge in [0.15, 0.2) is 5.17 Å². The Bertz CT molecular complexity index is 944. The van der Waals surface area contributed by atoms with Gasteiger partial charge < -0.3 is 10.6 Å². The van der Waals surface area contributed by atoms with Gasteiger partial charge in [0, 0.05) is 6.42 Å². The van der Waals surface area contributed by atoms with Gasteiger partial charge in [0.05, 0.1) is 16.9 Å². The van der Waals surface area contributed by atoms with E-state index in [-0.39, 0.29) is 12.1 Å². The number of hydrogen-bond donors (Lipinski definition) is 2. The Morgan fingerprint density at radius 2 is 1.96 bits per heavy atom. The van der Waals surface area contributed by atoms with Gasteiger partial charge in [-0.3, -0.25) is 9.59 Å². The van der Waals surface area contributed by atoms with E-state index in [0.29, 0.717) is 10.9 Å². The molecule has 0 spiro atoms. The van der Waals surface area contributed by atoms with Crippen molar-refractivity contribution in [2.24, 2.45) is 4.99 Å². The molecule has 3 rings (SSSR count). The standard InChI is InChI=1S/C19H16F3N3O2S/c1-11-5-4-6-12(9-11)23-18-25-17(27)15(28-18)10-16(26)24-14-8-3-2-7-13(14)19(20,21)22/h2-9,15H,10H2,1H3,(H,24,26)(H,23,25,27)/t15-/m0/s1. The molecule has 2 aromatic rings. The number of aliphatic imine (C=N–C) groups is 1. The van der Waals surface area contributed by atoms with Crippen molar-refractivity contribution >= 4 is 40.1 Å². The van der Waals surface area contributed by atoms with Crippen LogP contribution in [0.3, 0.4) is 0 Å². The molecule has 2 aromatic carbocycles. The molecule has 9 heteroatoms. The van der Waals surface area contributed by atoms with Crippen molar-refractivity contribution in [2.45, 2.75) is 24.8 Å². The molecule has 1 aliphatic rings. The van der Waals surface area contributed by atoms with E-state index in [1.54, 1.807) is 6.07 Å². The summed E-state index contributed by atoms with van der Waals surface area (Å²) in [7, 11) is 0. The first-order chi connectivity index (χ1) is 13.2. The zero-order chi connectivity index (χ0) is 20.3. The fraction of sp³-hybridized carbons (Fsp3) is 0.211. The number of para-hydroxylation sites is 1. The summed E-state index contributed by atoms with van der Waals surface area (Å²) in [6.45, 7) is 1.91. The molecule has 1 atom stereocenters. The molecule has 28 heavy (non-hydrogen) atoms. The normalized spacial score (nSPS) is 18.2. The first-order valence-corrected chi connectivity index (χ1v) is 9.19. The Kier molecular flexibility index (Phi) is 5.73. The lowest BCUT2D eigenvalue weighted by Gasteiger charge is -2.14. The number of thioether (sulfide) groups is 1. The number of carbonyl (C=O) groups excluding carboxylic acids is 2. The molecule has 0 saturated carbocycles. The zero-order valence-electron chi connectivity index (χ0n) is 14.7. The molecule has 0 unspecified atom stereocenters. The zero-order valence-corrected chi connectivity index (χ0v) is 15.5. The van der Waals surface area contributed by atoms with Crippen molar-refractivity contribution in [1.29, 1.82) is 0 Å². The minimum atomic E-state index is -4.59. The Labute approximate surface area is 163 Å². The number of hydrogen-bond acceptors (Lipinski definition) is 4. The first kappa shape index (κ1) is 19.9. The number of rotatable bonds is 4. The van der Waals surface area contributed by atoms with E-state index in [2.05, 4.69) is 15.6 Å². The van der Waals surface area contributed by atoms with Gasteiger partial charge >= 0.3 is 6.18 Å². The van der Waals surface area contributed by atoms with Gasteiger partial charge in [-0.1, -0.05) is 36.0 Å². The van der Waals surface area contributed by atoms with Crippen LogP contribution >= 0.6 is 11.8 Å². The maximum absolute atomic E-state index is 13.0. The molecular weight excluding hydrogens is 391 g/mol. The fourth-order valence-corrected chi connectivity index (χ4v) is 3.60. The number of benzene rings is 2. The summed E-state index contributed by atoms with van der Waals surface area (Å²) in [6.07, 6.45) is -4.85. The second-order valence-electron chi connectivity index (χ2n) is 6.15. The lowest BCUT2D eigenvalue weighted by molar-refractivity contribution is -0.137. The predicted octanol–water partition coefficient (Wildman–Crippen LogP) is 4.26. The SMILES string of the molecule is Cc1cccc(N=C2NC(=O)[C@H](CC(=O)Nc3ccccc3C(F)(F)F)S2)c1. The topological polar surface area (TPSA) is 70.6 Å². The van der Waals surface area contributed by atoms with Crippen LogP contribution in [-0.2, 0) is 15.8 Å². The van der Waals surface area contributed by atoms with Crippen molar-refractivity contribution in [3.63, 3.8) is 0 Å².